The third-order valence-corrected chi connectivity index (χ3v) is 5.20. The summed E-state index contributed by atoms with van der Waals surface area (Å²) in [6.07, 6.45) is 2.06. The maximum Gasteiger partial charge on any atom is 0.255 e. The molecule has 0 aromatic heterocycles. The topological polar surface area (TPSA) is 49.9 Å². The van der Waals surface area contributed by atoms with Crippen LogP contribution in [0.2, 0.25) is 5.02 Å². The predicted octanol–water partition coefficient (Wildman–Crippen LogP) is 4.26. The number of piperazine rings is 1. The molecule has 0 unspecified atom stereocenters. The Hall–Kier alpha value is -2.60. The largest absolute Gasteiger partial charge is 0.494 e. The standard InChI is InChI=1S/C22H24ClFN2O3/c1-2-3-14-29-18-7-4-16(5-8-18)21(27)25-10-12-26(13-11-25)22(28)19-9-6-17(24)15-20(19)23/h4-9,15H,2-3,10-14H2,1H3. The number of halogens is 2. The molecule has 0 radical (unpaired) electrons. The fourth-order valence-electron chi connectivity index (χ4n) is 3.16. The molecule has 2 amide bonds. The van der Waals surface area contributed by atoms with E-state index in [-0.39, 0.29) is 22.4 Å². The van der Waals surface area contributed by atoms with Gasteiger partial charge in [-0.2, -0.15) is 0 Å². The van der Waals surface area contributed by atoms with Crippen LogP contribution in [0.3, 0.4) is 0 Å². The number of benzene rings is 2. The van der Waals surface area contributed by atoms with E-state index in [1.807, 2.05) is 0 Å². The lowest BCUT2D eigenvalue weighted by Gasteiger charge is -2.35. The van der Waals surface area contributed by atoms with E-state index in [2.05, 4.69) is 6.92 Å². The summed E-state index contributed by atoms with van der Waals surface area (Å²) in [5.41, 5.74) is 0.862. The molecule has 0 N–H and O–H groups in total. The molecule has 1 saturated heterocycles. The maximum atomic E-state index is 13.2. The number of hydrogen-bond acceptors (Lipinski definition) is 3. The van der Waals surface area contributed by atoms with Gasteiger partial charge in [0.05, 0.1) is 17.2 Å². The van der Waals surface area contributed by atoms with E-state index in [1.165, 1.54) is 12.1 Å². The van der Waals surface area contributed by atoms with Crippen LogP contribution >= 0.6 is 11.6 Å². The molecule has 0 bridgehead atoms. The molecule has 1 heterocycles. The van der Waals surface area contributed by atoms with Gasteiger partial charge in [-0.05, 0) is 48.9 Å². The number of ether oxygens (including phenoxy) is 1. The van der Waals surface area contributed by atoms with E-state index in [4.69, 9.17) is 16.3 Å². The maximum absolute atomic E-state index is 13.2. The SMILES string of the molecule is CCCCOc1ccc(C(=O)N2CCN(C(=O)c3ccc(F)cc3Cl)CC2)cc1. The van der Waals surface area contributed by atoms with E-state index in [1.54, 1.807) is 34.1 Å². The minimum atomic E-state index is -0.483. The summed E-state index contributed by atoms with van der Waals surface area (Å²) in [5.74, 6) is -0.0574. The van der Waals surface area contributed by atoms with Crippen molar-refractivity contribution in [3.8, 4) is 5.75 Å². The van der Waals surface area contributed by atoms with Gasteiger partial charge < -0.3 is 14.5 Å². The first kappa shape index (κ1) is 21.1. The van der Waals surface area contributed by atoms with Crippen molar-refractivity contribution in [3.05, 3.63) is 64.4 Å². The van der Waals surface area contributed by atoms with E-state index >= 15 is 0 Å². The molecule has 1 fully saturated rings. The third-order valence-electron chi connectivity index (χ3n) is 4.88. The molecule has 3 rings (SSSR count). The van der Waals surface area contributed by atoms with Crippen LogP contribution in [0.5, 0.6) is 5.75 Å². The summed E-state index contributed by atoms with van der Waals surface area (Å²) in [5, 5.41) is 0.0924. The summed E-state index contributed by atoms with van der Waals surface area (Å²) >= 11 is 5.99. The Bertz CT molecular complexity index is 865. The summed E-state index contributed by atoms with van der Waals surface area (Å²) < 4.78 is 18.8. The zero-order valence-electron chi connectivity index (χ0n) is 16.4. The van der Waals surface area contributed by atoms with Crippen molar-refractivity contribution in [2.45, 2.75) is 19.8 Å². The summed E-state index contributed by atoms with van der Waals surface area (Å²) in [6.45, 7) is 4.42. The van der Waals surface area contributed by atoms with Crippen molar-refractivity contribution in [1.82, 2.24) is 9.80 Å². The van der Waals surface area contributed by atoms with Gasteiger partial charge >= 0.3 is 0 Å². The van der Waals surface area contributed by atoms with Crippen LogP contribution in [0, 0.1) is 5.82 Å². The number of amides is 2. The quantitative estimate of drug-likeness (QED) is 0.659. The van der Waals surface area contributed by atoms with Crippen LogP contribution in [-0.4, -0.2) is 54.4 Å². The second-order valence-electron chi connectivity index (χ2n) is 6.93. The van der Waals surface area contributed by atoms with Gasteiger partial charge in [0.1, 0.15) is 11.6 Å². The molecule has 1 aliphatic heterocycles. The van der Waals surface area contributed by atoms with Gasteiger partial charge in [0.25, 0.3) is 11.8 Å². The first-order chi connectivity index (χ1) is 14.0. The molecule has 154 valence electrons. The van der Waals surface area contributed by atoms with Crippen LogP contribution in [0.4, 0.5) is 4.39 Å². The van der Waals surface area contributed by atoms with Crippen molar-refractivity contribution in [3.63, 3.8) is 0 Å². The molecular weight excluding hydrogens is 395 g/mol. The van der Waals surface area contributed by atoms with E-state index < -0.39 is 5.82 Å². The fraction of sp³-hybridized carbons (Fsp3) is 0.364. The fourth-order valence-corrected chi connectivity index (χ4v) is 3.40. The molecule has 29 heavy (non-hydrogen) atoms. The van der Waals surface area contributed by atoms with Crippen molar-refractivity contribution >= 4 is 23.4 Å². The summed E-state index contributed by atoms with van der Waals surface area (Å²) in [7, 11) is 0. The number of hydrogen-bond donors (Lipinski definition) is 0. The van der Waals surface area contributed by atoms with Gasteiger partial charge in [-0.15, -0.1) is 0 Å². The second-order valence-corrected chi connectivity index (χ2v) is 7.34. The average molecular weight is 419 g/mol. The van der Waals surface area contributed by atoms with Gasteiger partial charge in [-0.1, -0.05) is 24.9 Å². The molecular formula is C22H24ClFN2O3. The summed E-state index contributed by atoms with van der Waals surface area (Å²) in [4.78, 5) is 28.7. The van der Waals surface area contributed by atoms with Gasteiger partial charge in [0.15, 0.2) is 0 Å². The number of nitrogens with zero attached hydrogens (tertiary/aromatic N) is 2. The molecule has 2 aromatic carbocycles. The monoisotopic (exact) mass is 418 g/mol. The lowest BCUT2D eigenvalue weighted by Crippen LogP contribution is -2.50. The molecule has 5 nitrogen and oxygen atoms in total. The number of unbranched alkanes of at least 4 members (excludes halogenated alkanes) is 1. The Balaban J connectivity index is 1.56. The highest BCUT2D eigenvalue weighted by Crippen LogP contribution is 2.21. The smallest absolute Gasteiger partial charge is 0.255 e. The molecule has 2 aromatic rings. The van der Waals surface area contributed by atoms with E-state index in [0.717, 1.165) is 24.7 Å². The first-order valence-electron chi connectivity index (χ1n) is 9.76. The zero-order chi connectivity index (χ0) is 20.8. The minimum Gasteiger partial charge on any atom is -0.494 e. The van der Waals surface area contributed by atoms with Crippen molar-refractivity contribution < 1.29 is 18.7 Å². The number of carbonyl (C=O) groups excluding carboxylic acids is 2. The number of rotatable bonds is 6. The normalized spacial score (nSPS) is 14.0. The predicted molar refractivity (Wildman–Crippen MR) is 110 cm³/mol. The highest BCUT2D eigenvalue weighted by molar-refractivity contribution is 6.33. The van der Waals surface area contributed by atoms with E-state index in [9.17, 15) is 14.0 Å². The highest BCUT2D eigenvalue weighted by Gasteiger charge is 2.26. The Morgan fingerprint density at radius 3 is 2.21 bits per heavy atom. The minimum absolute atomic E-state index is 0.0722. The zero-order valence-corrected chi connectivity index (χ0v) is 17.1. The number of carbonyl (C=O) groups is 2. The van der Waals surface area contributed by atoms with Crippen LogP contribution < -0.4 is 4.74 Å². The average Bonchev–Trinajstić information content (AvgIpc) is 2.74. The van der Waals surface area contributed by atoms with Gasteiger partial charge in [-0.3, -0.25) is 9.59 Å². The van der Waals surface area contributed by atoms with Crippen molar-refractivity contribution in [2.24, 2.45) is 0 Å². The molecule has 0 saturated carbocycles. The molecule has 0 atom stereocenters. The van der Waals surface area contributed by atoms with Crippen LogP contribution in [-0.2, 0) is 0 Å². The Morgan fingerprint density at radius 2 is 1.62 bits per heavy atom. The first-order valence-corrected chi connectivity index (χ1v) is 10.1. The Kier molecular flexibility index (Phi) is 7.09. The van der Waals surface area contributed by atoms with Crippen LogP contribution in [0.15, 0.2) is 42.5 Å². The van der Waals surface area contributed by atoms with Crippen LogP contribution in [0.25, 0.3) is 0 Å². The van der Waals surface area contributed by atoms with Crippen LogP contribution in [0.1, 0.15) is 40.5 Å². The van der Waals surface area contributed by atoms with Crippen molar-refractivity contribution in [1.29, 1.82) is 0 Å². The second kappa shape index (κ2) is 9.74. The van der Waals surface area contributed by atoms with Gasteiger partial charge in [0.2, 0.25) is 0 Å². The molecule has 7 heteroatoms. The molecule has 1 aliphatic rings. The molecule has 0 aliphatic carbocycles. The Labute approximate surface area is 175 Å². The highest BCUT2D eigenvalue weighted by atomic mass is 35.5. The van der Waals surface area contributed by atoms with Gasteiger partial charge in [0, 0.05) is 31.7 Å². The van der Waals surface area contributed by atoms with Gasteiger partial charge in [-0.25, -0.2) is 4.39 Å². The Morgan fingerprint density at radius 1 is 1.00 bits per heavy atom. The summed E-state index contributed by atoms with van der Waals surface area (Å²) in [6, 6.07) is 10.9. The lowest BCUT2D eigenvalue weighted by atomic mass is 10.1. The third kappa shape index (κ3) is 5.26. The van der Waals surface area contributed by atoms with Crippen molar-refractivity contribution in [2.75, 3.05) is 32.8 Å². The van der Waals surface area contributed by atoms with E-state index in [0.29, 0.717) is 38.3 Å². The lowest BCUT2D eigenvalue weighted by molar-refractivity contribution is 0.0535. The molecule has 0 spiro atoms.